The molecule has 0 saturated heterocycles. The third-order valence-corrected chi connectivity index (χ3v) is 5.13. The van der Waals surface area contributed by atoms with Gasteiger partial charge >= 0.3 is 0 Å². The molecule has 3 aromatic rings. The highest BCUT2D eigenvalue weighted by Crippen LogP contribution is 2.31. The molecule has 134 valence electrons. The molecule has 0 amide bonds. The van der Waals surface area contributed by atoms with Crippen molar-refractivity contribution in [1.29, 1.82) is 0 Å². The molecular formula is C21H19Cl2NO2. The Morgan fingerprint density at radius 1 is 1.04 bits per heavy atom. The molecule has 0 radical (unpaired) electrons. The van der Waals surface area contributed by atoms with Crippen LogP contribution in [0.2, 0.25) is 10.0 Å². The molecule has 0 bridgehead atoms. The van der Waals surface area contributed by atoms with Crippen molar-refractivity contribution in [3.05, 3.63) is 87.2 Å². The number of hydrogen-bond acceptors (Lipinski definition) is 2. The van der Waals surface area contributed by atoms with Gasteiger partial charge in [-0.1, -0.05) is 59.6 Å². The number of nitrogens with zero attached hydrogens (tertiary/aromatic N) is 1. The van der Waals surface area contributed by atoms with E-state index < -0.39 is 0 Å². The fourth-order valence-electron chi connectivity index (χ4n) is 2.91. The van der Waals surface area contributed by atoms with E-state index in [4.69, 9.17) is 27.9 Å². The van der Waals surface area contributed by atoms with Gasteiger partial charge in [-0.2, -0.15) is 0 Å². The number of aryl methyl sites for hydroxylation is 1. The summed E-state index contributed by atoms with van der Waals surface area (Å²) in [7, 11) is 0. The van der Waals surface area contributed by atoms with Gasteiger partial charge in [0.05, 0.1) is 5.02 Å². The summed E-state index contributed by atoms with van der Waals surface area (Å²) >= 11 is 12.1. The maximum absolute atomic E-state index is 12.6. The lowest BCUT2D eigenvalue weighted by atomic mass is 10.1. The molecule has 0 spiro atoms. The summed E-state index contributed by atoms with van der Waals surface area (Å²) < 4.78 is 7.71. The van der Waals surface area contributed by atoms with Crippen molar-refractivity contribution in [3.8, 4) is 5.75 Å². The Kier molecular flexibility index (Phi) is 5.70. The first-order valence-electron chi connectivity index (χ1n) is 8.28. The Labute approximate surface area is 163 Å². The van der Waals surface area contributed by atoms with Crippen molar-refractivity contribution in [2.45, 2.75) is 20.4 Å². The molecule has 1 heterocycles. The van der Waals surface area contributed by atoms with Gasteiger partial charge in [-0.3, -0.25) is 4.79 Å². The Bertz CT molecular complexity index is 933. The molecule has 0 aliphatic carbocycles. The zero-order valence-electron chi connectivity index (χ0n) is 14.6. The van der Waals surface area contributed by atoms with Gasteiger partial charge in [-0.15, -0.1) is 0 Å². The van der Waals surface area contributed by atoms with Crippen LogP contribution in [0.15, 0.2) is 54.6 Å². The molecule has 0 unspecified atom stereocenters. The van der Waals surface area contributed by atoms with Crippen LogP contribution in [-0.2, 0) is 6.54 Å². The van der Waals surface area contributed by atoms with E-state index in [1.165, 1.54) is 5.56 Å². The minimum absolute atomic E-state index is 0.0876. The van der Waals surface area contributed by atoms with E-state index in [9.17, 15) is 4.79 Å². The van der Waals surface area contributed by atoms with Crippen molar-refractivity contribution in [2.75, 3.05) is 6.61 Å². The van der Waals surface area contributed by atoms with Gasteiger partial charge < -0.3 is 9.30 Å². The molecule has 0 saturated carbocycles. The van der Waals surface area contributed by atoms with Crippen LogP contribution >= 0.6 is 23.2 Å². The molecule has 0 atom stereocenters. The summed E-state index contributed by atoms with van der Waals surface area (Å²) in [6.07, 6.45) is 0. The molecule has 5 heteroatoms. The van der Waals surface area contributed by atoms with Crippen molar-refractivity contribution in [1.82, 2.24) is 4.57 Å². The zero-order valence-corrected chi connectivity index (χ0v) is 16.1. The number of hydrogen-bond donors (Lipinski definition) is 0. The first-order valence-corrected chi connectivity index (χ1v) is 9.03. The van der Waals surface area contributed by atoms with E-state index in [0.29, 0.717) is 21.4 Å². The number of rotatable bonds is 6. The summed E-state index contributed by atoms with van der Waals surface area (Å²) in [6, 6.07) is 17.2. The molecule has 1 aromatic heterocycles. The third-order valence-electron chi connectivity index (χ3n) is 4.33. The molecule has 26 heavy (non-hydrogen) atoms. The lowest BCUT2D eigenvalue weighted by Crippen LogP contribution is -2.13. The lowest BCUT2D eigenvalue weighted by Gasteiger charge is -2.10. The van der Waals surface area contributed by atoms with Gasteiger partial charge in [0.15, 0.2) is 6.61 Å². The maximum Gasteiger partial charge on any atom is 0.202 e. The molecule has 3 nitrogen and oxygen atoms in total. The van der Waals surface area contributed by atoms with Crippen LogP contribution in [0.25, 0.3) is 0 Å². The normalized spacial score (nSPS) is 10.8. The monoisotopic (exact) mass is 387 g/mol. The predicted octanol–water partition coefficient (Wildman–Crippen LogP) is 5.72. The highest BCUT2D eigenvalue weighted by Gasteiger charge is 2.17. The van der Waals surface area contributed by atoms with E-state index in [1.807, 2.05) is 38.1 Å². The van der Waals surface area contributed by atoms with Crippen molar-refractivity contribution < 1.29 is 9.53 Å². The number of Topliss-reactive ketones (excluding diaryl/α,β-unsaturated/α-hetero) is 1. The Morgan fingerprint density at radius 2 is 1.77 bits per heavy atom. The number of aromatic nitrogens is 1. The largest absolute Gasteiger partial charge is 0.484 e. The minimum atomic E-state index is -0.0894. The molecule has 2 aromatic carbocycles. The number of benzene rings is 2. The van der Waals surface area contributed by atoms with Crippen LogP contribution in [0.4, 0.5) is 0 Å². The van der Waals surface area contributed by atoms with Crippen LogP contribution < -0.4 is 4.74 Å². The van der Waals surface area contributed by atoms with Gasteiger partial charge in [-0.05, 0) is 37.6 Å². The molecular weight excluding hydrogens is 369 g/mol. The van der Waals surface area contributed by atoms with E-state index in [0.717, 1.165) is 17.9 Å². The summed E-state index contributed by atoms with van der Waals surface area (Å²) in [4.78, 5) is 12.6. The van der Waals surface area contributed by atoms with Crippen LogP contribution in [0.3, 0.4) is 0 Å². The second-order valence-corrected chi connectivity index (χ2v) is 6.91. The van der Waals surface area contributed by atoms with E-state index in [1.54, 1.807) is 18.2 Å². The second kappa shape index (κ2) is 7.98. The number of carbonyl (C=O) groups is 1. The fraction of sp³-hybridized carbons (Fsp3) is 0.190. The van der Waals surface area contributed by atoms with Gasteiger partial charge in [0.2, 0.25) is 5.78 Å². The average molecular weight is 388 g/mol. The van der Waals surface area contributed by atoms with Gasteiger partial charge in [0.1, 0.15) is 10.8 Å². The highest BCUT2D eigenvalue weighted by molar-refractivity contribution is 6.42. The average Bonchev–Trinajstić information content (AvgIpc) is 2.92. The quantitative estimate of drug-likeness (QED) is 0.506. The second-order valence-electron chi connectivity index (χ2n) is 6.12. The van der Waals surface area contributed by atoms with E-state index >= 15 is 0 Å². The van der Waals surface area contributed by atoms with Crippen LogP contribution in [-0.4, -0.2) is 17.0 Å². The zero-order chi connectivity index (χ0) is 18.7. The number of halogens is 2. The smallest absolute Gasteiger partial charge is 0.202 e. The van der Waals surface area contributed by atoms with Crippen molar-refractivity contribution >= 4 is 29.0 Å². The number of ketones is 1. The first kappa shape index (κ1) is 18.6. The molecule has 0 aliphatic rings. The first-order chi connectivity index (χ1) is 12.5. The summed E-state index contributed by atoms with van der Waals surface area (Å²) in [6.45, 7) is 4.60. The highest BCUT2D eigenvalue weighted by atomic mass is 35.5. The third kappa shape index (κ3) is 3.95. The van der Waals surface area contributed by atoms with Crippen LogP contribution in [0.1, 0.15) is 27.3 Å². The Hall–Kier alpha value is -2.23. The van der Waals surface area contributed by atoms with Gasteiger partial charge in [0, 0.05) is 23.5 Å². The Morgan fingerprint density at radius 3 is 2.50 bits per heavy atom. The topological polar surface area (TPSA) is 31.2 Å². The van der Waals surface area contributed by atoms with E-state index in [-0.39, 0.29) is 12.4 Å². The maximum atomic E-state index is 12.6. The van der Waals surface area contributed by atoms with Crippen molar-refractivity contribution in [2.24, 2.45) is 0 Å². The standard InChI is InChI=1S/C21H19Cl2NO2/c1-14-11-17(15(2)24(14)12-16-7-4-3-5-8-16)19(25)13-26-20-10-6-9-18(22)21(20)23/h3-11H,12-13H2,1-2H3. The number of carbonyl (C=O) groups excluding carboxylic acids is 1. The molecule has 3 rings (SSSR count). The lowest BCUT2D eigenvalue weighted by molar-refractivity contribution is 0.0921. The summed E-state index contributed by atoms with van der Waals surface area (Å²) in [5.41, 5.74) is 3.82. The van der Waals surface area contributed by atoms with Crippen LogP contribution in [0.5, 0.6) is 5.75 Å². The molecule has 0 aliphatic heterocycles. The Balaban J connectivity index is 1.76. The molecule has 0 fully saturated rings. The minimum Gasteiger partial charge on any atom is -0.484 e. The number of ether oxygens (including phenoxy) is 1. The van der Waals surface area contributed by atoms with Gasteiger partial charge in [-0.25, -0.2) is 0 Å². The summed E-state index contributed by atoms with van der Waals surface area (Å²) in [5.74, 6) is 0.319. The summed E-state index contributed by atoms with van der Waals surface area (Å²) in [5, 5.41) is 0.717. The predicted molar refractivity (Wildman–Crippen MR) is 106 cm³/mol. The van der Waals surface area contributed by atoms with Gasteiger partial charge in [0.25, 0.3) is 0 Å². The molecule has 0 N–H and O–H groups in total. The van der Waals surface area contributed by atoms with Crippen molar-refractivity contribution in [3.63, 3.8) is 0 Å². The SMILES string of the molecule is Cc1cc(C(=O)COc2cccc(Cl)c2Cl)c(C)n1Cc1ccccc1. The fourth-order valence-corrected chi connectivity index (χ4v) is 3.26. The van der Waals surface area contributed by atoms with E-state index in [2.05, 4.69) is 16.7 Å². The van der Waals surface area contributed by atoms with Crippen LogP contribution in [0, 0.1) is 13.8 Å².